The molecule has 0 aliphatic heterocycles. The molecule has 0 amide bonds. The van der Waals surface area contributed by atoms with E-state index in [1.165, 1.54) is 0 Å². The molecule has 0 saturated heterocycles. The highest BCUT2D eigenvalue weighted by Crippen LogP contribution is 2.11. The lowest BCUT2D eigenvalue weighted by Crippen LogP contribution is -2.34. The molecule has 0 atom stereocenters. The van der Waals surface area contributed by atoms with Crippen molar-refractivity contribution in [1.29, 1.82) is 0 Å². The van der Waals surface area contributed by atoms with Gasteiger partial charge in [-0.15, -0.1) is 0 Å². The van der Waals surface area contributed by atoms with E-state index in [1.807, 2.05) is 49.5 Å². The second-order valence-electron chi connectivity index (χ2n) is 4.45. The number of ether oxygens (including phenoxy) is 1. The number of aromatic nitrogens is 1. The minimum atomic E-state index is 0.517. The Kier molecular flexibility index (Phi) is 5.58. The Bertz CT molecular complexity index is 584. The van der Waals surface area contributed by atoms with Crippen LogP contribution >= 0.6 is 0 Å². The normalized spacial score (nSPS) is 11.0. The van der Waals surface area contributed by atoms with Gasteiger partial charge in [0.25, 0.3) is 0 Å². The fourth-order valence-corrected chi connectivity index (χ4v) is 1.84. The molecule has 2 aromatic rings. The highest BCUT2D eigenvalue weighted by atomic mass is 16.5. The van der Waals surface area contributed by atoms with E-state index >= 15 is 0 Å². The number of hydrogen-bond acceptors (Lipinski definition) is 3. The summed E-state index contributed by atoms with van der Waals surface area (Å²) in [5.41, 5.74) is 2.21. The van der Waals surface area contributed by atoms with Crippen molar-refractivity contribution in [3.63, 3.8) is 0 Å². The summed E-state index contributed by atoms with van der Waals surface area (Å²) in [6, 6.07) is 13.9. The first-order valence-electron chi connectivity index (χ1n) is 6.82. The van der Waals surface area contributed by atoms with Gasteiger partial charge in [-0.25, -0.2) is 4.98 Å². The molecule has 0 aliphatic carbocycles. The van der Waals surface area contributed by atoms with E-state index in [4.69, 9.17) is 4.74 Å². The van der Waals surface area contributed by atoms with Crippen LogP contribution in [0.1, 0.15) is 11.1 Å². The van der Waals surface area contributed by atoms with Gasteiger partial charge in [0.1, 0.15) is 6.61 Å². The van der Waals surface area contributed by atoms with Gasteiger partial charge in [0.2, 0.25) is 5.88 Å². The smallest absolute Gasteiger partial charge is 0.213 e. The molecule has 0 aliphatic rings. The summed E-state index contributed by atoms with van der Waals surface area (Å²) in [7, 11) is 3.57. The number of rotatable bonds is 5. The van der Waals surface area contributed by atoms with E-state index in [9.17, 15) is 0 Å². The zero-order valence-corrected chi connectivity index (χ0v) is 12.3. The molecule has 2 N–H and O–H groups in total. The minimum absolute atomic E-state index is 0.517. The van der Waals surface area contributed by atoms with Crippen LogP contribution in [0.4, 0.5) is 0 Å². The minimum Gasteiger partial charge on any atom is -0.473 e. The SMILES string of the molecule is CN=C(NC)NCc1ccnc(OCc2ccccc2)c1. The van der Waals surface area contributed by atoms with E-state index < -0.39 is 0 Å². The van der Waals surface area contributed by atoms with Gasteiger partial charge in [-0.2, -0.15) is 0 Å². The van der Waals surface area contributed by atoms with Crippen molar-refractivity contribution in [3.8, 4) is 5.88 Å². The standard InChI is InChI=1S/C16H20N4O/c1-17-16(18-2)20-11-14-8-9-19-15(10-14)21-12-13-6-4-3-5-7-13/h3-10H,11-12H2,1-2H3,(H2,17,18,20). The van der Waals surface area contributed by atoms with Gasteiger partial charge in [0.05, 0.1) is 0 Å². The molecule has 21 heavy (non-hydrogen) atoms. The number of guanidine groups is 1. The summed E-state index contributed by atoms with van der Waals surface area (Å²) in [6.45, 7) is 1.18. The molecular weight excluding hydrogens is 264 g/mol. The van der Waals surface area contributed by atoms with Crippen molar-refractivity contribution >= 4 is 5.96 Å². The summed E-state index contributed by atoms with van der Waals surface area (Å²) in [5, 5.41) is 6.17. The lowest BCUT2D eigenvalue weighted by Gasteiger charge is -2.10. The number of nitrogens with one attached hydrogen (secondary N) is 2. The Labute approximate surface area is 125 Å². The van der Waals surface area contributed by atoms with Crippen LogP contribution in [0.5, 0.6) is 5.88 Å². The summed E-state index contributed by atoms with van der Waals surface area (Å²) in [6.07, 6.45) is 1.75. The number of benzene rings is 1. The number of nitrogens with zero attached hydrogens (tertiary/aromatic N) is 2. The van der Waals surface area contributed by atoms with Gasteiger partial charge in [-0.05, 0) is 17.2 Å². The molecule has 0 saturated carbocycles. The van der Waals surface area contributed by atoms with Crippen LogP contribution in [0.2, 0.25) is 0 Å². The molecule has 0 bridgehead atoms. The van der Waals surface area contributed by atoms with Crippen LogP contribution < -0.4 is 15.4 Å². The monoisotopic (exact) mass is 284 g/mol. The second kappa shape index (κ2) is 7.89. The maximum Gasteiger partial charge on any atom is 0.213 e. The average Bonchev–Trinajstić information content (AvgIpc) is 2.55. The maximum absolute atomic E-state index is 5.71. The fourth-order valence-electron chi connectivity index (χ4n) is 1.84. The Morgan fingerprint density at radius 1 is 1.19 bits per heavy atom. The third-order valence-electron chi connectivity index (χ3n) is 2.95. The number of pyridine rings is 1. The maximum atomic E-state index is 5.71. The molecule has 0 unspecified atom stereocenters. The van der Waals surface area contributed by atoms with Crippen molar-refractivity contribution in [2.75, 3.05) is 14.1 Å². The quantitative estimate of drug-likeness (QED) is 0.651. The molecule has 5 heteroatoms. The van der Waals surface area contributed by atoms with E-state index in [0.717, 1.165) is 17.1 Å². The molecular formula is C16H20N4O. The number of aliphatic imine (C=N–C) groups is 1. The second-order valence-corrected chi connectivity index (χ2v) is 4.45. The van der Waals surface area contributed by atoms with Crippen molar-refractivity contribution < 1.29 is 4.74 Å². The van der Waals surface area contributed by atoms with Crippen LogP contribution in [0.3, 0.4) is 0 Å². The molecule has 0 spiro atoms. The van der Waals surface area contributed by atoms with Gasteiger partial charge in [-0.3, -0.25) is 4.99 Å². The first-order valence-corrected chi connectivity index (χ1v) is 6.82. The zero-order valence-electron chi connectivity index (χ0n) is 12.3. The van der Waals surface area contributed by atoms with Crippen LogP contribution in [0.15, 0.2) is 53.7 Å². The highest BCUT2D eigenvalue weighted by molar-refractivity contribution is 5.79. The van der Waals surface area contributed by atoms with Gasteiger partial charge >= 0.3 is 0 Å². The van der Waals surface area contributed by atoms with Gasteiger partial charge < -0.3 is 15.4 Å². The van der Waals surface area contributed by atoms with Crippen LogP contribution in [0, 0.1) is 0 Å². The van der Waals surface area contributed by atoms with E-state index in [2.05, 4.69) is 20.6 Å². The Balaban J connectivity index is 1.91. The summed E-state index contributed by atoms with van der Waals surface area (Å²) in [5.74, 6) is 1.37. The molecule has 5 nitrogen and oxygen atoms in total. The zero-order chi connectivity index (χ0) is 14.9. The van der Waals surface area contributed by atoms with E-state index in [0.29, 0.717) is 19.0 Å². The Morgan fingerprint density at radius 3 is 2.71 bits per heavy atom. The first kappa shape index (κ1) is 14.8. The van der Waals surface area contributed by atoms with Gasteiger partial charge in [-0.1, -0.05) is 30.3 Å². The predicted molar refractivity (Wildman–Crippen MR) is 84.3 cm³/mol. The van der Waals surface area contributed by atoms with Gasteiger partial charge in [0.15, 0.2) is 5.96 Å². The van der Waals surface area contributed by atoms with Crippen molar-refractivity contribution in [2.45, 2.75) is 13.2 Å². The molecule has 1 aromatic heterocycles. The summed E-state index contributed by atoms with van der Waals surface area (Å²) >= 11 is 0. The lowest BCUT2D eigenvalue weighted by atomic mass is 10.2. The molecule has 2 rings (SSSR count). The topological polar surface area (TPSA) is 58.5 Å². The average molecular weight is 284 g/mol. The highest BCUT2D eigenvalue weighted by Gasteiger charge is 2.00. The van der Waals surface area contributed by atoms with Crippen molar-refractivity contribution in [3.05, 3.63) is 59.8 Å². The van der Waals surface area contributed by atoms with Crippen molar-refractivity contribution in [2.24, 2.45) is 4.99 Å². The number of hydrogen-bond donors (Lipinski definition) is 2. The van der Waals surface area contributed by atoms with E-state index in [-0.39, 0.29) is 0 Å². The largest absolute Gasteiger partial charge is 0.473 e. The summed E-state index contributed by atoms with van der Waals surface area (Å²) in [4.78, 5) is 8.29. The molecule has 0 fully saturated rings. The Morgan fingerprint density at radius 2 is 2.00 bits per heavy atom. The molecule has 0 radical (unpaired) electrons. The van der Waals surface area contributed by atoms with Crippen LogP contribution in [-0.2, 0) is 13.2 Å². The predicted octanol–water partition coefficient (Wildman–Crippen LogP) is 1.96. The summed E-state index contributed by atoms with van der Waals surface area (Å²) < 4.78 is 5.71. The lowest BCUT2D eigenvalue weighted by molar-refractivity contribution is 0.293. The third-order valence-corrected chi connectivity index (χ3v) is 2.95. The van der Waals surface area contributed by atoms with Crippen molar-refractivity contribution in [1.82, 2.24) is 15.6 Å². The molecule has 1 heterocycles. The first-order chi connectivity index (χ1) is 10.3. The molecule has 1 aromatic carbocycles. The Hall–Kier alpha value is -2.56. The van der Waals surface area contributed by atoms with E-state index in [1.54, 1.807) is 13.2 Å². The van der Waals surface area contributed by atoms with Crippen LogP contribution in [0.25, 0.3) is 0 Å². The van der Waals surface area contributed by atoms with Crippen LogP contribution in [-0.4, -0.2) is 25.0 Å². The fraction of sp³-hybridized carbons (Fsp3) is 0.250. The van der Waals surface area contributed by atoms with Gasteiger partial charge in [0, 0.05) is 32.9 Å². The third kappa shape index (κ3) is 4.80. The molecule has 110 valence electrons.